The molecule has 6 heterocycles. The van der Waals surface area contributed by atoms with Crippen LogP contribution < -0.4 is 10.6 Å². The number of ether oxygens (including phenoxy) is 4. The highest BCUT2D eigenvalue weighted by atomic mass is 16.7. The molecule has 2 bridgehead atoms. The maximum Gasteiger partial charge on any atom is 0.339 e. The lowest BCUT2D eigenvalue weighted by Crippen LogP contribution is -2.77. The Morgan fingerprint density at radius 2 is 1.69 bits per heavy atom. The number of cyclic esters (lactones) is 2. The number of epoxide rings is 1. The minimum absolute atomic E-state index is 0.0129. The van der Waals surface area contributed by atoms with Gasteiger partial charge in [0, 0.05) is 47.5 Å². The number of carbonyl (C=O) groups excluding carboxylic acids is 3. The monoisotopic (exact) mass is 748 g/mol. The molecule has 5 saturated carbocycles. The van der Waals surface area contributed by atoms with Crippen LogP contribution in [0.3, 0.4) is 0 Å². The predicted molar refractivity (Wildman–Crippen MR) is 189 cm³/mol. The number of nitrogens with one attached hydrogen (secondary N) is 2. The van der Waals surface area contributed by atoms with E-state index in [0.29, 0.717) is 55.2 Å². The first-order chi connectivity index (χ1) is 25.8. The minimum atomic E-state index is -1.42. The molecule has 18 atom stereocenters. The number of fused-ring (bicyclic) bond motifs is 1. The van der Waals surface area contributed by atoms with E-state index in [1.54, 1.807) is 6.26 Å². The van der Waals surface area contributed by atoms with Gasteiger partial charge >= 0.3 is 11.9 Å². The highest BCUT2D eigenvalue weighted by Crippen LogP contribution is 2.82. The Kier molecular flexibility index (Phi) is 7.22. The number of hydrogen-bond donors (Lipinski definition) is 4. The molecule has 54 heavy (non-hydrogen) atoms. The predicted octanol–water partition coefficient (Wildman–Crippen LogP) is 3.22. The molecule has 12 nitrogen and oxygen atoms in total. The summed E-state index contributed by atoms with van der Waals surface area (Å²) in [4.78, 5) is 42.3. The fourth-order valence-electron chi connectivity index (χ4n) is 16.0. The van der Waals surface area contributed by atoms with E-state index in [0.717, 1.165) is 38.0 Å². The number of esters is 2. The molecule has 5 aliphatic carbocycles. The molecule has 1 aromatic heterocycles. The quantitative estimate of drug-likeness (QED) is 0.263. The molecule has 294 valence electrons. The van der Waals surface area contributed by atoms with Crippen molar-refractivity contribution in [3.63, 3.8) is 0 Å². The van der Waals surface area contributed by atoms with Gasteiger partial charge in [0.05, 0.1) is 35.9 Å². The van der Waals surface area contributed by atoms with Crippen molar-refractivity contribution in [3.8, 4) is 0 Å². The van der Waals surface area contributed by atoms with Crippen LogP contribution in [-0.4, -0.2) is 89.4 Å². The summed E-state index contributed by atoms with van der Waals surface area (Å²) in [5.41, 5.74) is -4.22. The number of aliphatic hydroxyl groups excluding tert-OH is 2. The van der Waals surface area contributed by atoms with Gasteiger partial charge in [-0.3, -0.25) is 9.59 Å². The molecule has 0 amide bonds. The van der Waals surface area contributed by atoms with E-state index in [1.165, 1.54) is 12.8 Å². The average molecular weight is 749 g/mol. The number of aliphatic hydroxyl groups is 2. The van der Waals surface area contributed by atoms with Crippen molar-refractivity contribution < 1.29 is 48.0 Å². The molecule has 4 N–H and O–H groups in total. The van der Waals surface area contributed by atoms with Crippen LogP contribution in [0.1, 0.15) is 96.5 Å². The summed E-state index contributed by atoms with van der Waals surface area (Å²) >= 11 is 0. The number of carbonyl (C=O) groups is 3. The molecule has 11 rings (SSSR count). The second kappa shape index (κ2) is 11.2. The molecule has 10 aliphatic rings. The van der Waals surface area contributed by atoms with Crippen molar-refractivity contribution in [3.05, 3.63) is 23.7 Å². The first kappa shape index (κ1) is 34.9. The van der Waals surface area contributed by atoms with Gasteiger partial charge in [0.15, 0.2) is 11.9 Å². The van der Waals surface area contributed by atoms with Gasteiger partial charge in [-0.2, -0.15) is 0 Å². The molecule has 5 saturated heterocycles. The molecule has 18 unspecified atom stereocenters. The smallest absolute Gasteiger partial charge is 0.339 e. The maximum absolute atomic E-state index is 14.8. The SMILES string of the molecule is CC1(C)OC2C3CCC4CC5(C)C(c6ccoc6CC6CC7CC(C8CNCN8)CCC7CC6O)OC(=O)C6OC65C5(C)C(O)C(=O)C1C2(COC3=O)C45. The van der Waals surface area contributed by atoms with Gasteiger partial charge in [-0.1, -0.05) is 13.8 Å². The average Bonchev–Trinajstić information content (AvgIpc) is 3.38. The fourth-order valence-corrected chi connectivity index (χ4v) is 16.0. The highest BCUT2D eigenvalue weighted by Gasteiger charge is 2.92. The van der Waals surface area contributed by atoms with Crippen LogP contribution in [-0.2, 0) is 39.8 Å². The lowest BCUT2D eigenvalue weighted by Gasteiger charge is -2.68. The van der Waals surface area contributed by atoms with Crippen LogP contribution in [0.5, 0.6) is 0 Å². The van der Waals surface area contributed by atoms with E-state index < -0.39 is 75.8 Å². The lowest BCUT2D eigenvalue weighted by atomic mass is 9.34. The lowest BCUT2D eigenvalue weighted by molar-refractivity contribution is -0.266. The summed E-state index contributed by atoms with van der Waals surface area (Å²) in [6.45, 7) is 9.81. The normalized spacial score (nSPS) is 55.0. The van der Waals surface area contributed by atoms with E-state index in [4.69, 9.17) is 23.4 Å². The standard InChI is InChI=1S/C42H56N2O10/c1-38(2)31-29(46)32(47)40(4)30-21(7-8-25-34(53-38)41(30,31)17-51-36(25)48)15-39(3)33(52-37(49)35-42(39,40)54-35)24-9-10-50-28(24)14-23-12-22-11-20(26-16-43-18-44-26)6-5-19(22)13-27(23)45/h9-10,19-23,25-27,30-35,43-45,47H,5-8,11-18H2,1-4H3. The van der Waals surface area contributed by atoms with E-state index in [9.17, 15) is 24.6 Å². The summed E-state index contributed by atoms with van der Waals surface area (Å²) in [5.74, 6) is -0.155. The van der Waals surface area contributed by atoms with Crippen LogP contribution in [0.2, 0.25) is 0 Å². The van der Waals surface area contributed by atoms with Gasteiger partial charge in [-0.05, 0) is 107 Å². The Bertz CT molecular complexity index is 1790. The molecule has 2 spiro atoms. The Hall–Kier alpha value is -2.35. The van der Waals surface area contributed by atoms with Gasteiger partial charge < -0.3 is 44.2 Å². The molecule has 10 fully saturated rings. The molecule has 0 aromatic carbocycles. The number of hydrogen-bond acceptors (Lipinski definition) is 12. The van der Waals surface area contributed by atoms with Gasteiger partial charge in [0.2, 0.25) is 0 Å². The third-order valence-electron chi connectivity index (χ3n) is 17.8. The first-order valence-electron chi connectivity index (χ1n) is 20.9. The van der Waals surface area contributed by atoms with Gasteiger partial charge in [0.1, 0.15) is 30.2 Å². The van der Waals surface area contributed by atoms with Crippen molar-refractivity contribution >= 4 is 17.7 Å². The van der Waals surface area contributed by atoms with Gasteiger partial charge in [-0.15, -0.1) is 0 Å². The maximum atomic E-state index is 14.8. The van der Waals surface area contributed by atoms with Crippen LogP contribution in [0.25, 0.3) is 0 Å². The summed E-state index contributed by atoms with van der Waals surface area (Å²) < 4.78 is 32.2. The number of Topliss-reactive ketones (excluding diaryl/α,β-unsaturated/α-hetero) is 1. The van der Waals surface area contributed by atoms with E-state index in [2.05, 4.69) is 17.6 Å². The van der Waals surface area contributed by atoms with Crippen LogP contribution in [0, 0.1) is 63.6 Å². The zero-order chi connectivity index (χ0) is 37.3. The van der Waals surface area contributed by atoms with Crippen molar-refractivity contribution in [1.29, 1.82) is 0 Å². The van der Waals surface area contributed by atoms with E-state index in [-0.39, 0.29) is 36.1 Å². The Morgan fingerprint density at radius 3 is 2.48 bits per heavy atom. The largest absolute Gasteiger partial charge is 0.469 e. The molecule has 5 aliphatic heterocycles. The Labute approximate surface area is 316 Å². The topological polar surface area (TPSA) is 169 Å². The van der Waals surface area contributed by atoms with E-state index >= 15 is 0 Å². The second-order valence-corrected chi connectivity index (χ2v) is 20.3. The molecular weight excluding hydrogens is 692 g/mol. The molecule has 0 radical (unpaired) electrons. The minimum Gasteiger partial charge on any atom is -0.469 e. The first-order valence-corrected chi connectivity index (χ1v) is 20.9. The van der Waals surface area contributed by atoms with Crippen molar-refractivity contribution in [2.45, 2.75) is 133 Å². The van der Waals surface area contributed by atoms with Crippen LogP contribution in [0.15, 0.2) is 16.7 Å². The second-order valence-electron chi connectivity index (χ2n) is 20.3. The number of furan rings is 1. The fraction of sp³-hybridized carbons (Fsp3) is 0.833. The third-order valence-corrected chi connectivity index (χ3v) is 17.8. The van der Waals surface area contributed by atoms with Crippen molar-refractivity contribution in [2.75, 3.05) is 19.8 Å². The molecule has 12 heteroatoms. The molecule has 1 aromatic rings. The zero-order valence-corrected chi connectivity index (χ0v) is 31.9. The molecular formula is C42H56N2O10. The van der Waals surface area contributed by atoms with Crippen LogP contribution >= 0.6 is 0 Å². The van der Waals surface area contributed by atoms with Gasteiger partial charge in [0.25, 0.3) is 0 Å². The number of rotatable bonds is 4. The summed E-state index contributed by atoms with van der Waals surface area (Å²) in [6, 6.07) is 2.42. The third kappa shape index (κ3) is 4.08. The Morgan fingerprint density at radius 1 is 0.889 bits per heavy atom. The summed E-state index contributed by atoms with van der Waals surface area (Å²) in [7, 11) is 0. The zero-order valence-electron chi connectivity index (χ0n) is 31.9. The number of ketones is 1. The Balaban J connectivity index is 0.958. The van der Waals surface area contributed by atoms with E-state index in [1.807, 2.05) is 26.8 Å². The van der Waals surface area contributed by atoms with Crippen molar-refractivity contribution in [2.24, 2.45) is 63.6 Å². The summed E-state index contributed by atoms with van der Waals surface area (Å²) in [5, 5.41) is 31.2. The van der Waals surface area contributed by atoms with Crippen molar-refractivity contribution in [1.82, 2.24) is 10.6 Å². The highest BCUT2D eigenvalue weighted by molar-refractivity contribution is 5.92. The van der Waals surface area contributed by atoms with Crippen LogP contribution in [0.4, 0.5) is 0 Å². The summed E-state index contributed by atoms with van der Waals surface area (Å²) in [6.07, 6.45) is 5.24. The van der Waals surface area contributed by atoms with Gasteiger partial charge in [-0.25, -0.2) is 4.79 Å².